The summed E-state index contributed by atoms with van der Waals surface area (Å²) in [6.07, 6.45) is 9.14. The van der Waals surface area contributed by atoms with E-state index in [4.69, 9.17) is 11.5 Å². The molecule has 2 fully saturated rings. The smallest absolute Gasteiger partial charge is 0.00417 e. The molecule has 0 heterocycles. The third kappa shape index (κ3) is 4.45. The van der Waals surface area contributed by atoms with Gasteiger partial charge in [0.05, 0.1) is 0 Å². The average molecular weight is 295 g/mol. The van der Waals surface area contributed by atoms with Crippen molar-refractivity contribution >= 4 is 0 Å². The molecule has 6 atom stereocenters. The Hall–Kier alpha value is -0.0800. The molecule has 4 N–H and O–H groups in total. The van der Waals surface area contributed by atoms with Crippen molar-refractivity contribution < 1.29 is 0 Å². The quantitative estimate of drug-likeness (QED) is 0.817. The van der Waals surface area contributed by atoms with Crippen molar-refractivity contribution in [3.63, 3.8) is 0 Å². The van der Waals surface area contributed by atoms with Crippen molar-refractivity contribution in [1.29, 1.82) is 0 Å². The fourth-order valence-corrected chi connectivity index (χ4v) is 5.21. The molecule has 2 nitrogen and oxygen atoms in total. The lowest BCUT2D eigenvalue weighted by Crippen LogP contribution is -2.40. The highest BCUT2D eigenvalue weighted by Gasteiger charge is 2.37. The minimum absolute atomic E-state index is 0.453. The zero-order valence-corrected chi connectivity index (χ0v) is 14.7. The van der Waals surface area contributed by atoms with Crippen LogP contribution in [0.1, 0.15) is 72.6 Å². The molecule has 2 rings (SSSR count). The third-order valence-corrected chi connectivity index (χ3v) is 6.50. The molecule has 0 aliphatic heterocycles. The summed E-state index contributed by atoms with van der Waals surface area (Å²) in [4.78, 5) is 0. The van der Waals surface area contributed by atoms with Crippen LogP contribution in [0.5, 0.6) is 0 Å². The summed E-state index contributed by atoms with van der Waals surface area (Å²) < 4.78 is 0. The van der Waals surface area contributed by atoms with Gasteiger partial charge in [-0.15, -0.1) is 0 Å². The first-order valence-corrected chi connectivity index (χ1v) is 9.39. The fourth-order valence-electron chi connectivity index (χ4n) is 5.21. The number of nitrogens with two attached hydrogens (primary N) is 2. The van der Waals surface area contributed by atoms with Gasteiger partial charge in [-0.3, -0.25) is 0 Å². The van der Waals surface area contributed by atoms with Crippen LogP contribution in [0.25, 0.3) is 0 Å². The largest absolute Gasteiger partial charge is 0.328 e. The van der Waals surface area contributed by atoms with Crippen LogP contribution in [0.4, 0.5) is 0 Å². The zero-order valence-electron chi connectivity index (χ0n) is 14.7. The Morgan fingerprint density at radius 1 is 0.714 bits per heavy atom. The number of hydrogen-bond acceptors (Lipinski definition) is 2. The summed E-state index contributed by atoms with van der Waals surface area (Å²) >= 11 is 0. The lowest BCUT2D eigenvalue weighted by molar-refractivity contribution is 0.0844. The molecule has 0 aromatic carbocycles. The van der Waals surface area contributed by atoms with Gasteiger partial charge in [0.2, 0.25) is 0 Å². The molecule has 6 unspecified atom stereocenters. The summed E-state index contributed by atoms with van der Waals surface area (Å²) in [7, 11) is 0. The predicted molar refractivity (Wildman–Crippen MR) is 91.9 cm³/mol. The maximum absolute atomic E-state index is 6.24. The zero-order chi connectivity index (χ0) is 15.6. The van der Waals surface area contributed by atoms with Crippen molar-refractivity contribution in [2.75, 3.05) is 0 Å². The van der Waals surface area contributed by atoms with E-state index in [0.29, 0.717) is 12.1 Å². The Morgan fingerprint density at radius 3 is 1.43 bits per heavy atom. The lowest BCUT2D eigenvalue weighted by atomic mass is 9.63. The summed E-state index contributed by atoms with van der Waals surface area (Å²) in [5.41, 5.74) is 12.5. The molecule has 2 heteroatoms. The lowest BCUT2D eigenvalue weighted by Gasteiger charge is -2.43. The van der Waals surface area contributed by atoms with Gasteiger partial charge in [0.25, 0.3) is 0 Å². The Morgan fingerprint density at radius 2 is 1.10 bits per heavy atom. The molecule has 124 valence electrons. The van der Waals surface area contributed by atoms with Crippen molar-refractivity contribution in [3.05, 3.63) is 0 Å². The van der Waals surface area contributed by atoms with E-state index in [0.717, 1.165) is 35.5 Å². The summed E-state index contributed by atoms with van der Waals surface area (Å²) in [6.45, 7) is 9.58. The molecular formula is C19H38N2. The van der Waals surface area contributed by atoms with Crippen LogP contribution in [-0.2, 0) is 0 Å². The second-order valence-corrected chi connectivity index (χ2v) is 8.72. The van der Waals surface area contributed by atoms with Gasteiger partial charge in [0.1, 0.15) is 0 Å². The van der Waals surface area contributed by atoms with Crippen molar-refractivity contribution in [3.8, 4) is 0 Å². The Labute approximate surface area is 132 Å². The normalized spacial score (nSPS) is 41.7. The molecule has 0 radical (unpaired) electrons. The van der Waals surface area contributed by atoms with Crippen LogP contribution < -0.4 is 11.5 Å². The van der Waals surface area contributed by atoms with E-state index in [2.05, 4.69) is 27.7 Å². The van der Waals surface area contributed by atoms with Gasteiger partial charge < -0.3 is 11.5 Å². The van der Waals surface area contributed by atoms with Gasteiger partial charge in [0, 0.05) is 12.1 Å². The predicted octanol–water partition coefficient (Wildman–Crippen LogP) is 4.18. The molecule has 0 bridgehead atoms. The Kier molecular flexibility index (Phi) is 6.14. The van der Waals surface area contributed by atoms with Gasteiger partial charge >= 0.3 is 0 Å². The minimum Gasteiger partial charge on any atom is -0.328 e. The fraction of sp³-hybridized carbons (Fsp3) is 1.00. The molecule has 2 aliphatic carbocycles. The molecule has 2 aliphatic rings. The Balaban J connectivity index is 2.00. The molecule has 0 aromatic rings. The van der Waals surface area contributed by atoms with E-state index >= 15 is 0 Å². The summed E-state index contributed by atoms with van der Waals surface area (Å²) in [6, 6.07) is 0.906. The summed E-state index contributed by atoms with van der Waals surface area (Å²) in [5, 5.41) is 0. The van der Waals surface area contributed by atoms with Crippen LogP contribution >= 0.6 is 0 Å². The van der Waals surface area contributed by atoms with Crippen LogP contribution in [0.15, 0.2) is 0 Å². The van der Waals surface area contributed by atoms with E-state index in [-0.39, 0.29) is 0 Å². The second kappa shape index (κ2) is 7.46. The molecule has 0 spiro atoms. The van der Waals surface area contributed by atoms with Gasteiger partial charge in [-0.1, -0.05) is 27.7 Å². The number of rotatable bonds is 4. The number of hydrogen-bond donors (Lipinski definition) is 2. The molecular weight excluding hydrogens is 256 g/mol. The first-order chi connectivity index (χ1) is 9.88. The highest BCUT2D eigenvalue weighted by molar-refractivity contribution is 4.89. The molecule has 0 amide bonds. The van der Waals surface area contributed by atoms with Gasteiger partial charge in [-0.05, 0) is 80.5 Å². The SMILES string of the molecule is CC(C)C1CC(N)CCC1CC1CCC(N)CC1C(C)C. The van der Waals surface area contributed by atoms with Crippen LogP contribution in [-0.4, -0.2) is 12.1 Å². The topological polar surface area (TPSA) is 52.0 Å². The van der Waals surface area contributed by atoms with E-state index in [1.54, 1.807) is 0 Å². The average Bonchev–Trinajstić information content (AvgIpc) is 2.42. The van der Waals surface area contributed by atoms with Crippen molar-refractivity contribution in [2.24, 2.45) is 47.0 Å². The van der Waals surface area contributed by atoms with Crippen LogP contribution in [0.3, 0.4) is 0 Å². The maximum atomic E-state index is 6.24. The van der Waals surface area contributed by atoms with Crippen LogP contribution in [0.2, 0.25) is 0 Å². The maximum Gasteiger partial charge on any atom is 0.00417 e. The first kappa shape index (κ1) is 17.3. The molecule has 2 saturated carbocycles. The Bertz CT molecular complexity index is 283. The minimum atomic E-state index is 0.453. The van der Waals surface area contributed by atoms with E-state index < -0.39 is 0 Å². The van der Waals surface area contributed by atoms with Gasteiger partial charge in [-0.2, -0.15) is 0 Å². The van der Waals surface area contributed by atoms with Gasteiger partial charge in [-0.25, -0.2) is 0 Å². The molecule has 0 saturated heterocycles. The van der Waals surface area contributed by atoms with E-state index in [9.17, 15) is 0 Å². The standard InChI is InChI=1S/C19H38N2/c1-12(2)18-10-16(20)7-5-14(18)9-15-6-8-17(21)11-19(15)13(3)4/h12-19H,5-11,20-21H2,1-4H3. The monoisotopic (exact) mass is 294 g/mol. The van der Waals surface area contributed by atoms with Crippen molar-refractivity contribution in [1.82, 2.24) is 0 Å². The highest BCUT2D eigenvalue weighted by Crippen LogP contribution is 2.44. The van der Waals surface area contributed by atoms with Gasteiger partial charge in [0.15, 0.2) is 0 Å². The van der Waals surface area contributed by atoms with E-state index in [1.807, 2.05) is 0 Å². The third-order valence-electron chi connectivity index (χ3n) is 6.50. The van der Waals surface area contributed by atoms with E-state index in [1.165, 1.54) is 44.9 Å². The van der Waals surface area contributed by atoms with Crippen molar-refractivity contribution in [2.45, 2.75) is 84.7 Å². The highest BCUT2D eigenvalue weighted by atomic mass is 14.7. The molecule has 0 aromatic heterocycles. The molecule has 21 heavy (non-hydrogen) atoms. The second-order valence-electron chi connectivity index (χ2n) is 8.72. The first-order valence-electron chi connectivity index (χ1n) is 9.39. The summed E-state index contributed by atoms with van der Waals surface area (Å²) in [5.74, 6) is 5.07. The van der Waals surface area contributed by atoms with Crippen LogP contribution in [0, 0.1) is 35.5 Å².